The standard InChI is InChI=1S/C16H18N6OS/c1-3-7-12-10-14(23)18-16(17-12)24-11(2)15-19-20-21-22(15)13-8-5-4-6-9-13/h4-6,8-11H,3,7H2,1-2H3,(H,17,18,23). The predicted molar refractivity (Wildman–Crippen MR) is 92.3 cm³/mol. The van der Waals surface area contributed by atoms with Gasteiger partial charge in [0.05, 0.1) is 10.9 Å². The first-order valence-electron chi connectivity index (χ1n) is 7.78. The highest BCUT2D eigenvalue weighted by molar-refractivity contribution is 7.99. The molecule has 3 rings (SSSR count). The molecule has 0 saturated carbocycles. The summed E-state index contributed by atoms with van der Waals surface area (Å²) in [5.74, 6) is 0.703. The Morgan fingerprint density at radius 3 is 2.83 bits per heavy atom. The van der Waals surface area contributed by atoms with Crippen molar-refractivity contribution in [2.45, 2.75) is 37.1 Å². The van der Waals surface area contributed by atoms with Gasteiger partial charge in [-0.05, 0) is 35.9 Å². The first-order valence-corrected chi connectivity index (χ1v) is 8.66. The lowest BCUT2D eigenvalue weighted by Crippen LogP contribution is -2.11. The van der Waals surface area contributed by atoms with E-state index in [1.54, 1.807) is 10.7 Å². The SMILES string of the molecule is CCCc1cc(=O)[nH]c(SC(C)c2nnnn2-c2ccccc2)n1. The fourth-order valence-corrected chi connectivity index (χ4v) is 3.26. The second-order valence-corrected chi connectivity index (χ2v) is 6.67. The van der Waals surface area contributed by atoms with Gasteiger partial charge in [0.25, 0.3) is 5.56 Å². The molecule has 3 aromatic rings. The van der Waals surface area contributed by atoms with Crippen LogP contribution in [0, 0.1) is 0 Å². The number of aromatic nitrogens is 6. The molecule has 1 atom stereocenters. The number of para-hydroxylation sites is 1. The van der Waals surface area contributed by atoms with Gasteiger partial charge in [-0.25, -0.2) is 4.98 Å². The molecule has 0 saturated heterocycles. The zero-order valence-corrected chi connectivity index (χ0v) is 14.3. The zero-order chi connectivity index (χ0) is 16.9. The van der Waals surface area contributed by atoms with Crippen molar-refractivity contribution in [3.63, 3.8) is 0 Å². The number of hydrogen-bond donors (Lipinski definition) is 1. The van der Waals surface area contributed by atoms with Crippen LogP contribution in [0.15, 0.2) is 46.3 Å². The smallest absolute Gasteiger partial charge is 0.251 e. The normalized spacial score (nSPS) is 12.2. The van der Waals surface area contributed by atoms with E-state index >= 15 is 0 Å². The van der Waals surface area contributed by atoms with E-state index < -0.39 is 0 Å². The third-order valence-corrected chi connectivity index (χ3v) is 4.41. The summed E-state index contributed by atoms with van der Waals surface area (Å²) in [5, 5.41) is 12.5. The molecule has 8 heteroatoms. The molecule has 24 heavy (non-hydrogen) atoms. The predicted octanol–water partition coefficient (Wildman–Crippen LogP) is 2.55. The van der Waals surface area contributed by atoms with Crippen LogP contribution in [0.4, 0.5) is 0 Å². The second-order valence-electron chi connectivity index (χ2n) is 5.34. The molecular weight excluding hydrogens is 324 g/mol. The molecular formula is C16H18N6OS. The van der Waals surface area contributed by atoms with Gasteiger partial charge in [-0.1, -0.05) is 43.3 Å². The largest absolute Gasteiger partial charge is 0.301 e. The van der Waals surface area contributed by atoms with Gasteiger partial charge in [0, 0.05) is 11.8 Å². The van der Waals surface area contributed by atoms with Crippen LogP contribution in [0.1, 0.15) is 37.0 Å². The first-order chi connectivity index (χ1) is 11.7. The monoisotopic (exact) mass is 342 g/mol. The molecule has 0 aliphatic heterocycles. The fourth-order valence-electron chi connectivity index (χ4n) is 2.34. The average molecular weight is 342 g/mol. The summed E-state index contributed by atoms with van der Waals surface area (Å²) in [6.07, 6.45) is 1.73. The number of nitrogens with one attached hydrogen (secondary N) is 1. The second kappa shape index (κ2) is 7.39. The number of hydrogen-bond acceptors (Lipinski definition) is 6. The highest BCUT2D eigenvalue weighted by atomic mass is 32.2. The molecule has 7 nitrogen and oxygen atoms in total. The van der Waals surface area contributed by atoms with Crippen molar-refractivity contribution in [1.29, 1.82) is 0 Å². The molecule has 1 aromatic carbocycles. The summed E-state index contributed by atoms with van der Waals surface area (Å²) in [6, 6.07) is 11.3. The summed E-state index contributed by atoms with van der Waals surface area (Å²) in [6.45, 7) is 4.05. The minimum absolute atomic E-state index is 0.0692. The van der Waals surface area contributed by atoms with E-state index in [9.17, 15) is 4.79 Å². The minimum atomic E-state index is -0.134. The summed E-state index contributed by atoms with van der Waals surface area (Å²) >= 11 is 1.43. The average Bonchev–Trinajstić information content (AvgIpc) is 3.05. The lowest BCUT2D eigenvalue weighted by atomic mass is 10.2. The topological polar surface area (TPSA) is 89.4 Å². The molecule has 2 heterocycles. The van der Waals surface area contributed by atoms with Crippen LogP contribution in [0.25, 0.3) is 5.69 Å². The van der Waals surface area contributed by atoms with Gasteiger partial charge in [-0.15, -0.1) is 5.10 Å². The molecule has 2 aromatic heterocycles. The van der Waals surface area contributed by atoms with Crippen LogP contribution in [0.3, 0.4) is 0 Å². The number of aryl methyl sites for hydroxylation is 1. The van der Waals surface area contributed by atoms with E-state index in [1.165, 1.54) is 11.8 Å². The number of thioether (sulfide) groups is 1. The number of nitrogens with zero attached hydrogens (tertiary/aromatic N) is 5. The minimum Gasteiger partial charge on any atom is -0.301 e. The van der Waals surface area contributed by atoms with Gasteiger partial charge in [-0.2, -0.15) is 4.68 Å². The van der Waals surface area contributed by atoms with Gasteiger partial charge >= 0.3 is 0 Å². The van der Waals surface area contributed by atoms with Crippen LogP contribution >= 0.6 is 11.8 Å². The third-order valence-electron chi connectivity index (χ3n) is 3.43. The maximum atomic E-state index is 11.8. The lowest BCUT2D eigenvalue weighted by molar-refractivity contribution is 0.760. The Bertz CT molecular complexity index is 860. The van der Waals surface area contributed by atoms with Crippen molar-refractivity contribution in [1.82, 2.24) is 30.2 Å². The lowest BCUT2D eigenvalue weighted by Gasteiger charge is -2.11. The Morgan fingerprint density at radius 1 is 1.29 bits per heavy atom. The molecule has 0 aliphatic rings. The molecule has 0 spiro atoms. The number of aromatic amines is 1. The molecule has 124 valence electrons. The quantitative estimate of drug-likeness (QED) is 0.547. The molecule has 0 fully saturated rings. The van der Waals surface area contributed by atoms with Gasteiger partial charge in [0.2, 0.25) is 0 Å². The molecule has 1 unspecified atom stereocenters. The Kier molecular flexibility index (Phi) is 5.05. The third kappa shape index (κ3) is 3.70. The molecule has 1 N–H and O–H groups in total. The van der Waals surface area contributed by atoms with Crippen LogP contribution in [0.5, 0.6) is 0 Å². The first kappa shape index (κ1) is 16.4. The van der Waals surface area contributed by atoms with Crippen LogP contribution in [-0.4, -0.2) is 30.2 Å². The van der Waals surface area contributed by atoms with Crippen LogP contribution in [0.2, 0.25) is 0 Å². The molecule has 0 amide bonds. The van der Waals surface area contributed by atoms with E-state index in [-0.39, 0.29) is 10.8 Å². The summed E-state index contributed by atoms with van der Waals surface area (Å²) < 4.78 is 1.70. The summed E-state index contributed by atoms with van der Waals surface area (Å²) in [4.78, 5) is 19.1. The van der Waals surface area contributed by atoms with Crippen molar-refractivity contribution in [2.75, 3.05) is 0 Å². The van der Waals surface area contributed by atoms with Crippen molar-refractivity contribution < 1.29 is 0 Å². The Hall–Kier alpha value is -2.48. The van der Waals surface area contributed by atoms with Crippen LogP contribution in [-0.2, 0) is 6.42 Å². The van der Waals surface area contributed by atoms with E-state index in [1.807, 2.05) is 37.3 Å². The van der Waals surface area contributed by atoms with Gasteiger partial charge < -0.3 is 4.98 Å². The fraction of sp³-hybridized carbons (Fsp3) is 0.312. The van der Waals surface area contributed by atoms with Crippen molar-refractivity contribution in [3.8, 4) is 5.69 Å². The Morgan fingerprint density at radius 2 is 2.08 bits per heavy atom. The number of benzene rings is 1. The van der Waals surface area contributed by atoms with E-state index in [0.717, 1.165) is 24.2 Å². The summed E-state index contributed by atoms with van der Waals surface area (Å²) in [7, 11) is 0. The summed E-state index contributed by atoms with van der Waals surface area (Å²) in [5.41, 5.74) is 1.57. The van der Waals surface area contributed by atoms with E-state index in [2.05, 4.69) is 32.4 Å². The molecule has 0 bridgehead atoms. The van der Waals surface area contributed by atoms with Crippen LogP contribution < -0.4 is 5.56 Å². The maximum absolute atomic E-state index is 11.8. The van der Waals surface area contributed by atoms with Gasteiger partial charge in [-0.3, -0.25) is 4.79 Å². The zero-order valence-electron chi connectivity index (χ0n) is 13.5. The van der Waals surface area contributed by atoms with Crippen molar-refractivity contribution in [3.05, 3.63) is 58.3 Å². The number of rotatable bonds is 6. The van der Waals surface area contributed by atoms with E-state index in [4.69, 9.17) is 0 Å². The Balaban J connectivity index is 1.85. The highest BCUT2D eigenvalue weighted by Crippen LogP contribution is 2.31. The maximum Gasteiger partial charge on any atom is 0.251 e. The highest BCUT2D eigenvalue weighted by Gasteiger charge is 2.18. The van der Waals surface area contributed by atoms with Crippen molar-refractivity contribution in [2.24, 2.45) is 0 Å². The van der Waals surface area contributed by atoms with Crippen molar-refractivity contribution >= 4 is 11.8 Å². The van der Waals surface area contributed by atoms with Gasteiger partial charge in [0.1, 0.15) is 0 Å². The molecule has 0 radical (unpaired) electrons. The number of H-pyrrole nitrogens is 1. The van der Waals surface area contributed by atoms with E-state index in [0.29, 0.717) is 11.0 Å². The Labute approximate surface area is 143 Å². The molecule has 0 aliphatic carbocycles. The van der Waals surface area contributed by atoms with Gasteiger partial charge in [0.15, 0.2) is 11.0 Å². The number of tetrazole rings is 1.